The Balaban J connectivity index is 2.13. The molecule has 13 heavy (non-hydrogen) atoms. The first-order valence-corrected chi connectivity index (χ1v) is 5.05. The molecule has 1 aliphatic heterocycles. The zero-order chi connectivity index (χ0) is 9.26. The van der Waals surface area contributed by atoms with Crippen molar-refractivity contribution in [1.29, 1.82) is 0 Å². The first kappa shape index (κ1) is 8.72. The number of esters is 1. The van der Waals surface area contributed by atoms with Gasteiger partial charge in [0, 0.05) is 17.8 Å². The van der Waals surface area contributed by atoms with Crippen LogP contribution in [0.4, 0.5) is 0 Å². The molecule has 4 heteroatoms. The third-order valence-electron chi connectivity index (χ3n) is 2.25. The Morgan fingerprint density at radius 3 is 3.38 bits per heavy atom. The van der Waals surface area contributed by atoms with E-state index in [0.29, 0.717) is 0 Å². The summed E-state index contributed by atoms with van der Waals surface area (Å²) in [6, 6.07) is 1.94. The number of hydrogen-bond acceptors (Lipinski definition) is 4. The van der Waals surface area contributed by atoms with Gasteiger partial charge in [0.15, 0.2) is 0 Å². The second-order valence-electron chi connectivity index (χ2n) is 3.03. The first-order valence-electron chi connectivity index (χ1n) is 4.17. The lowest BCUT2D eigenvalue weighted by atomic mass is 10.1. The summed E-state index contributed by atoms with van der Waals surface area (Å²) in [4.78, 5) is 12.5. The molecule has 1 atom stereocenters. The van der Waals surface area contributed by atoms with Gasteiger partial charge in [-0.1, -0.05) is 0 Å². The molecule has 0 aliphatic carbocycles. The van der Waals surface area contributed by atoms with Gasteiger partial charge in [-0.15, -0.1) is 11.3 Å². The second-order valence-corrected chi connectivity index (χ2v) is 4.03. The predicted octanol–water partition coefficient (Wildman–Crippen LogP) is 0.935. The van der Waals surface area contributed by atoms with E-state index in [1.165, 1.54) is 17.6 Å². The van der Waals surface area contributed by atoms with Gasteiger partial charge in [0.2, 0.25) is 0 Å². The number of ether oxygens (including phenoxy) is 1. The fraction of sp³-hybridized carbons (Fsp3) is 0.444. The maximum atomic E-state index is 11.2. The lowest BCUT2D eigenvalue weighted by Gasteiger charge is -2.21. The van der Waals surface area contributed by atoms with Crippen molar-refractivity contribution in [3.05, 3.63) is 21.9 Å². The van der Waals surface area contributed by atoms with Crippen LogP contribution in [0, 0.1) is 0 Å². The Hall–Kier alpha value is -0.870. The summed E-state index contributed by atoms with van der Waals surface area (Å²) in [7, 11) is 1.42. The monoisotopic (exact) mass is 197 g/mol. The van der Waals surface area contributed by atoms with E-state index in [1.807, 2.05) is 0 Å². The van der Waals surface area contributed by atoms with Crippen molar-refractivity contribution in [1.82, 2.24) is 5.32 Å². The highest BCUT2D eigenvalue weighted by atomic mass is 32.1. The third-order valence-corrected chi connectivity index (χ3v) is 3.24. The molecule has 2 heterocycles. The van der Waals surface area contributed by atoms with Crippen molar-refractivity contribution < 1.29 is 9.53 Å². The van der Waals surface area contributed by atoms with Crippen LogP contribution in [0.2, 0.25) is 0 Å². The van der Waals surface area contributed by atoms with Crippen LogP contribution in [-0.4, -0.2) is 19.1 Å². The molecule has 1 aliphatic rings. The Labute approximate surface area is 80.7 Å². The molecule has 0 spiro atoms. The molecule has 0 saturated heterocycles. The van der Waals surface area contributed by atoms with Gasteiger partial charge in [-0.25, -0.2) is 0 Å². The maximum absolute atomic E-state index is 11.2. The van der Waals surface area contributed by atoms with Crippen molar-refractivity contribution in [2.24, 2.45) is 0 Å². The number of thiophene rings is 1. The summed E-state index contributed by atoms with van der Waals surface area (Å²) in [6.45, 7) is 0.776. The van der Waals surface area contributed by atoms with E-state index >= 15 is 0 Å². The molecule has 0 unspecified atom stereocenters. The van der Waals surface area contributed by atoms with E-state index in [9.17, 15) is 4.79 Å². The summed E-state index contributed by atoms with van der Waals surface area (Å²) in [5.74, 6) is -0.168. The van der Waals surface area contributed by atoms with Crippen molar-refractivity contribution in [3.63, 3.8) is 0 Å². The number of carbonyl (C=O) groups is 1. The molecule has 1 N–H and O–H groups in total. The topological polar surface area (TPSA) is 38.3 Å². The van der Waals surface area contributed by atoms with Gasteiger partial charge in [-0.3, -0.25) is 10.1 Å². The number of carbonyl (C=O) groups excluding carboxylic acids is 1. The van der Waals surface area contributed by atoms with Crippen LogP contribution in [0.1, 0.15) is 10.4 Å². The van der Waals surface area contributed by atoms with Gasteiger partial charge in [-0.2, -0.15) is 0 Å². The fourth-order valence-corrected chi connectivity index (χ4v) is 2.45. The van der Waals surface area contributed by atoms with Crippen LogP contribution < -0.4 is 5.32 Å². The first-order chi connectivity index (χ1) is 6.31. The van der Waals surface area contributed by atoms with Gasteiger partial charge in [0.25, 0.3) is 0 Å². The van der Waals surface area contributed by atoms with Crippen molar-refractivity contribution in [2.45, 2.75) is 19.0 Å². The lowest BCUT2D eigenvalue weighted by molar-refractivity contribution is -0.143. The number of methoxy groups -OCH3 is 1. The van der Waals surface area contributed by atoms with E-state index in [-0.39, 0.29) is 12.0 Å². The zero-order valence-electron chi connectivity index (χ0n) is 7.37. The van der Waals surface area contributed by atoms with Crippen LogP contribution >= 0.6 is 11.3 Å². The highest BCUT2D eigenvalue weighted by Gasteiger charge is 2.25. The fourth-order valence-electron chi connectivity index (χ4n) is 1.50. The predicted molar refractivity (Wildman–Crippen MR) is 50.7 cm³/mol. The SMILES string of the molecule is COC(=O)[C@H]1Cc2sccc2CN1. The third kappa shape index (κ3) is 1.59. The lowest BCUT2D eigenvalue weighted by Crippen LogP contribution is -2.41. The molecule has 0 aromatic carbocycles. The second kappa shape index (κ2) is 3.47. The molecule has 1 aromatic rings. The number of hydrogen-bond donors (Lipinski definition) is 1. The van der Waals surface area contributed by atoms with E-state index in [4.69, 9.17) is 0 Å². The molecular formula is C9H11NO2S. The van der Waals surface area contributed by atoms with E-state index in [2.05, 4.69) is 21.5 Å². The van der Waals surface area contributed by atoms with Crippen LogP contribution in [0.15, 0.2) is 11.4 Å². The molecule has 0 saturated carbocycles. The zero-order valence-corrected chi connectivity index (χ0v) is 8.19. The summed E-state index contributed by atoms with van der Waals surface area (Å²) in [6.07, 6.45) is 0.764. The van der Waals surface area contributed by atoms with E-state index in [1.54, 1.807) is 11.3 Å². The van der Waals surface area contributed by atoms with Crippen LogP contribution in [0.25, 0.3) is 0 Å². The molecule has 0 amide bonds. The molecule has 0 fully saturated rings. The Morgan fingerprint density at radius 1 is 1.77 bits per heavy atom. The molecule has 3 nitrogen and oxygen atoms in total. The van der Waals surface area contributed by atoms with E-state index < -0.39 is 0 Å². The van der Waals surface area contributed by atoms with Gasteiger partial charge < -0.3 is 4.74 Å². The van der Waals surface area contributed by atoms with Crippen LogP contribution in [-0.2, 0) is 22.5 Å². The number of fused-ring (bicyclic) bond motifs is 1. The maximum Gasteiger partial charge on any atom is 0.323 e. The molecule has 0 radical (unpaired) electrons. The highest BCUT2D eigenvalue weighted by Crippen LogP contribution is 2.22. The largest absolute Gasteiger partial charge is 0.468 e. The van der Waals surface area contributed by atoms with Crippen LogP contribution in [0.3, 0.4) is 0 Å². The average Bonchev–Trinajstić information content (AvgIpc) is 2.63. The quantitative estimate of drug-likeness (QED) is 0.681. The Bertz CT molecular complexity index is 321. The molecule has 0 bridgehead atoms. The Morgan fingerprint density at radius 2 is 2.62 bits per heavy atom. The average molecular weight is 197 g/mol. The standard InChI is InChI=1S/C9H11NO2S/c1-12-9(11)7-4-8-6(5-10-7)2-3-13-8/h2-3,7,10H,4-5H2,1H3/t7-/m1/s1. The smallest absolute Gasteiger partial charge is 0.323 e. The minimum absolute atomic E-state index is 0.156. The highest BCUT2D eigenvalue weighted by molar-refractivity contribution is 7.10. The molecular weight excluding hydrogens is 186 g/mol. The molecule has 1 aromatic heterocycles. The van der Waals surface area contributed by atoms with E-state index in [0.717, 1.165) is 13.0 Å². The normalized spacial score (nSPS) is 20.8. The van der Waals surface area contributed by atoms with Gasteiger partial charge in [0.1, 0.15) is 6.04 Å². The number of rotatable bonds is 1. The van der Waals surface area contributed by atoms with Crippen LogP contribution in [0.5, 0.6) is 0 Å². The van der Waals surface area contributed by atoms with Crippen molar-refractivity contribution >= 4 is 17.3 Å². The minimum Gasteiger partial charge on any atom is -0.468 e. The van der Waals surface area contributed by atoms with Crippen molar-refractivity contribution in [3.8, 4) is 0 Å². The Kier molecular flexibility index (Phi) is 2.33. The van der Waals surface area contributed by atoms with Crippen molar-refractivity contribution in [2.75, 3.05) is 7.11 Å². The molecule has 2 rings (SSSR count). The van der Waals surface area contributed by atoms with Gasteiger partial charge >= 0.3 is 5.97 Å². The van der Waals surface area contributed by atoms with Gasteiger partial charge in [0.05, 0.1) is 7.11 Å². The number of nitrogens with one attached hydrogen (secondary N) is 1. The summed E-state index contributed by atoms with van der Waals surface area (Å²) in [5, 5.41) is 5.21. The summed E-state index contributed by atoms with van der Waals surface area (Å²) >= 11 is 1.71. The summed E-state index contributed by atoms with van der Waals surface area (Å²) < 4.78 is 4.68. The summed E-state index contributed by atoms with van der Waals surface area (Å²) in [5.41, 5.74) is 1.31. The minimum atomic E-state index is -0.168. The molecule has 70 valence electrons. The van der Waals surface area contributed by atoms with Gasteiger partial charge in [-0.05, 0) is 17.0 Å².